The number of rotatable bonds is 4. The first kappa shape index (κ1) is 16.9. The first-order valence-electron chi connectivity index (χ1n) is 8.03. The average Bonchev–Trinajstić information content (AvgIpc) is 3.09. The molecule has 124 valence electrons. The third-order valence-electron chi connectivity index (χ3n) is 3.57. The van der Waals surface area contributed by atoms with Gasteiger partial charge >= 0.3 is 0 Å². The molecule has 1 amide bonds. The number of nitrogens with one attached hydrogen (secondary N) is 1. The van der Waals surface area contributed by atoms with Gasteiger partial charge in [-0.25, -0.2) is 4.98 Å². The van der Waals surface area contributed by atoms with Crippen molar-refractivity contribution in [1.82, 2.24) is 10.3 Å². The Kier molecular flexibility index (Phi) is 5.61. The Morgan fingerprint density at radius 2 is 1.88 bits per heavy atom. The van der Waals surface area contributed by atoms with Crippen molar-refractivity contribution in [2.45, 2.75) is 13.3 Å². The van der Waals surface area contributed by atoms with Crippen molar-refractivity contribution in [2.75, 3.05) is 6.54 Å². The summed E-state index contributed by atoms with van der Waals surface area (Å²) in [5.41, 5.74) is 4.03. The normalized spacial score (nSPS) is 9.96. The molecule has 0 aliphatic rings. The van der Waals surface area contributed by atoms with Gasteiger partial charge in [-0.2, -0.15) is 0 Å². The maximum atomic E-state index is 12.0. The molecule has 0 fully saturated rings. The first-order chi connectivity index (χ1) is 12.2. The van der Waals surface area contributed by atoms with E-state index in [1.54, 1.807) is 11.3 Å². The minimum Gasteiger partial charge on any atom is -0.345 e. The summed E-state index contributed by atoms with van der Waals surface area (Å²) in [6, 6.07) is 17.9. The molecule has 0 saturated heterocycles. The topological polar surface area (TPSA) is 42.0 Å². The highest BCUT2D eigenvalue weighted by atomic mass is 32.1. The Labute approximate surface area is 151 Å². The molecule has 3 rings (SSSR count). The number of amides is 1. The van der Waals surface area contributed by atoms with Crippen LogP contribution in [0.5, 0.6) is 0 Å². The van der Waals surface area contributed by atoms with Gasteiger partial charge in [-0.05, 0) is 19.1 Å². The van der Waals surface area contributed by atoms with Crippen LogP contribution in [0.3, 0.4) is 0 Å². The molecule has 1 aromatic heterocycles. The molecular formula is C21H18N2OS. The van der Waals surface area contributed by atoms with Gasteiger partial charge in [-0.15, -0.1) is 11.3 Å². The molecule has 1 heterocycles. The first-order valence-corrected chi connectivity index (χ1v) is 8.91. The van der Waals surface area contributed by atoms with E-state index < -0.39 is 0 Å². The molecule has 0 aliphatic heterocycles. The largest absolute Gasteiger partial charge is 0.345 e. The monoisotopic (exact) mass is 346 g/mol. The zero-order valence-electron chi connectivity index (χ0n) is 14.0. The third-order valence-corrected chi connectivity index (χ3v) is 4.51. The number of aryl methyl sites for hydroxylation is 1. The summed E-state index contributed by atoms with van der Waals surface area (Å²) in [5.74, 6) is 5.90. The summed E-state index contributed by atoms with van der Waals surface area (Å²) >= 11 is 1.56. The fourth-order valence-corrected chi connectivity index (χ4v) is 3.08. The Bertz CT molecular complexity index is 902. The molecule has 3 nitrogen and oxygen atoms in total. The van der Waals surface area contributed by atoms with Crippen LogP contribution >= 0.6 is 11.3 Å². The Hall–Kier alpha value is -2.90. The summed E-state index contributed by atoms with van der Waals surface area (Å²) in [6.07, 6.45) is 0.273. The highest BCUT2D eigenvalue weighted by Gasteiger charge is 2.08. The molecule has 0 atom stereocenters. The van der Waals surface area contributed by atoms with Gasteiger partial charge in [0.25, 0.3) is 0 Å². The summed E-state index contributed by atoms with van der Waals surface area (Å²) in [4.78, 5) is 16.5. The van der Waals surface area contributed by atoms with Gasteiger partial charge in [0.15, 0.2) is 0 Å². The van der Waals surface area contributed by atoms with E-state index in [0.29, 0.717) is 6.54 Å². The van der Waals surface area contributed by atoms with Crippen molar-refractivity contribution in [3.05, 3.63) is 76.8 Å². The van der Waals surface area contributed by atoms with Crippen LogP contribution in [0, 0.1) is 18.8 Å². The molecule has 2 aromatic carbocycles. The fourth-order valence-electron chi connectivity index (χ4n) is 2.25. The number of benzene rings is 2. The van der Waals surface area contributed by atoms with Gasteiger partial charge < -0.3 is 5.32 Å². The van der Waals surface area contributed by atoms with E-state index in [1.165, 1.54) is 5.56 Å². The van der Waals surface area contributed by atoms with Gasteiger partial charge in [0.1, 0.15) is 5.01 Å². The van der Waals surface area contributed by atoms with E-state index >= 15 is 0 Å². The summed E-state index contributed by atoms with van der Waals surface area (Å²) < 4.78 is 0. The average molecular weight is 346 g/mol. The van der Waals surface area contributed by atoms with Crippen LogP contribution in [-0.2, 0) is 11.2 Å². The van der Waals surface area contributed by atoms with E-state index in [2.05, 4.69) is 53.3 Å². The predicted octanol–water partition coefficient (Wildman–Crippen LogP) is 3.83. The van der Waals surface area contributed by atoms with Crippen LogP contribution in [0.4, 0.5) is 0 Å². The summed E-state index contributed by atoms with van der Waals surface area (Å²) in [6.45, 7) is 2.39. The van der Waals surface area contributed by atoms with E-state index in [4.69, 9.17) is 0 Å². The second-order valence-corrected chi connectivity index (χ2v) is 6.49. The lowest BCUT2D eigenvalue weighted by atomic mass is 10.2. The van der Waals surface area contributed by atoms with Crippen LogP contribution in [0.2, 0.25) is 0 Å². The van der Waals surface area contributed by atoms with Gasteiger partial charge in [0, 0.05) is 16.5 Å². The Morgan fingerprint density at radius 3 is 2.64 bits per heavy atom. The van der Waals surface area contributed by atoms with Crippen molar-refractivity contribution in [1.29, 1.82) is 0 Å². The molecule has 0 bridgehead atoms. The number of hydrogen-bond donors (Lipinski definition) is 1. The molecule has 0 unspecified atom stereocenters. The quantitative estimate of drug-likeness (QED) is 0.730. The van der Waals surface area contributed by atoms with Crippen LogP contribution in [0.15, 0.2) is 60.0 Å². The van der Waals surface area contributed by atoms with Gasteiger partial charge in [-0.1, -0.05) is 59.9 Å². The van der Waals surface area contributed by atoms with E-state index in [-0.39, 0.29) is 12.3 Å². The van der Waals surface area contributed by atoms with Crippen molar-refractivity contribution >= 4 is 17.2 Å². The molecule has 1 N–H and O–H groups in total. The second kappa shape index (κ2) is 8.27. The zero-order chi connectivity index (χ0) is 17.5. The second-order valence-electron chi connectivity index (χ2n) is 5.63. The van der Waals surface area contributed by atoms with E-state index in [9.17, 15) is 4.79 Å². The number of hydrogen-bond acceptors (Lipinski definition) is 3. The van der Waals surface area contributed by atoms with Crippen LogP contribution < -0.4 is 5.32 Å². The van der Waals surface area contributed by atoms with Gasteiger partial charge in [-0.3, -0.25) is 4.79 Å². The number of nitrogens with zero attached hydrogens (tertiary/aromatic N) is 1. The van der Waals surface area contributed by atoms with Crippen LogP contribution in [-0.4, -0.2) is 17.4 Å². The molecular weight excluding hydrogens is 328 g/mol. The van der Waals surface area contributed by atoms with Crippen molar-refractivity contribution in [2.24, 2.45) is 0 Å². The lowest BCUT2D eigenvalue weighted by Gasteiger charge is -1.99. The molecule has 25 heavy (non-hydrogen) atoms. The SMILES string of the molecule is Cc1ccc(-c2nc(CC(=O)NCC#Cc3ccccc3)cs2)cc1. The lowest BCUT2D eigenvalue weighted by molar-refractivity contribution is -0.120. The lowest BCUT2D eigenvalue weighted by Crippen LogP contribution is -2.25. The minimum atomic E-state index is -0.0666. The number of carbonyl (C=O) groups is 1. The van der Waals surface area contributed by atoms with E-state index in [0.717, 1.165) is 21.8 Å². The smallest absolute Gasteiger partial charge is 0.226 e. The van der Waals surface area contributed by atoms with Crippen molar-refractivity contribution < 1.29 is 4.79 Å². The molecule has 0 aliphatic carbocycles. The van der Waals surface area contributed by atoms with Crippen LogP contribution in [0.1, 0.15) is 16.8 Å². The van der Waals surface area contributed by atoms with Gasteiger partial charge in [0.2, 0.25) is 5.91 Å². The summed E-state index contributed by atoms with van der Waals surface area (Å²) in [5, 5.41) is 5.68. The number of aromatic nitrogens is 1. The molecule has 0 spiro atoms. The maximum Gasteiger partial charge on any atom is 0.226 e. The molecule has 0 saturated carbocycles. The summed E-state index contributed by atoms with van der Waals surface area (Å²) in [7, 11) is 0. The predicted molar refractivity (Wildman–Crippen MR) is 102 cm³/mol. The maximum absolute atomic E-state index is 12.0. The molecule has 3 aromatic rings. The minimum absolute atomic E-state index is 0.0666. The van der Waals surface area contributed by atoms with Crippen molar-refractivity contribution in [3.8, 4) is 22.4 Å². The number of carbonyl (C=O) groups excluding carboxylic acids is 1. The highest BCUT2D eigenvalue weighted by molar-refractivity contribution is 7.13. The van der Waals surface area contributed by atoms with E-state index in [1.807, 2.05) is 35.7 Å². The van der Waals surface area contributed by atoms with Crippen LogP contribution in [0.25, 0.3) is 10.6 Å². The highest BCUT2D eigenvalue weighted by Crippen LogP contribution is 2.24. The molecule has 4 heteroatoms. The number of thiazole rings is 1. The molecule has 0 radical (unpaired) electrons. The zero-order valence-corrected chi connectivity index (χ0v) is 14.8. The third kappa shape index (κ3) is 5.03. The van der Waals surface area contributed by atoms with Gasteiger partial charge in [0.05, 0.1) is 18.7 Å². The van der Waals surface area contributed by atoms with Crippen molar-refractivity contribution in [3.63, 3.8) is 0 Å². The Balaban J connectivity index is 1.52. The Morgan fingerprint density at radius 1 is 1.12 bits per heavy atom. The standard InChI is InChI=1S/C21H18N2OS/c1-16-9-11-18(12-10-16)21-23-19(15-25-21)14-20(24)22-13-5-8-17-6-3-2-4-7-17/h2-4,6-7,9-12,15H,13-14H2,1H3,(H,22,24). The fraction of sp³-hybridized carbons (Fsp3) is 0.143.